The van der Waals surface area contributed by atoms with Gasteiger partial charge in [-0.05, 0) is 26.2 Å². The van der Waals surface area contributed by atoms with Crippen LogP contribution in [0, 0.1) is 5.41 Å². The van der Waals surface area contributed by atoms with Gasteiger partial charge in [0.1, 0.15) is 6.04 Å². The fourth-order valence-electron chi connectivity index (χ4n) is 2.35. The van der Waals surface area contributed by atoms with Gasteiger partial charge < -0.3 is 15.2 Å². The molecule has 98 valence electrons. The molecule has 1 saturated carbocycles. The molecule has 0 aromatic carbocycles. The first-order chi connectivity index (χ1) is 8.02. The van der Waals surface area contributed by atoms with E-state index in [2.05, 4.69) is 5.32 Å². The number of carboxylic acids is 1. The highest BCUT2D eigenvalue weighted by atomic mass is 16.5. The summed E-state index contributed by atoms with van der Waals surface area (Å²) in [6, 6.07) is -0.831. The van der Waals surface area contributed by atoms with Crippen molar-refractivity contribution >= 4 is 11.9 Å². The maximum atomic E-state index is 12.2. The molecule has 1 aliphatic rings. The van der Waals surface area contributed by atoms with E-state index in [-0.39, 0.29) is 5.91 Å². The Kier molecular flexibility index (Phi) is 4.93. The predicted octanol–water partition coefficient (Wildman–Crippen LogP) is 1.17. The summed E-state index contributed by atoms with van der Waals surface area (Å²) in [5.74, 6) is -1.14. The van der Waals surface area contributed by atoms with Gasteiger partial charge in [-0.15, -0.1) is 0 Å². The van der Waals surface area contributed by atoms with E-state index in [1.54, 1.807) is 7.11 Å². The number of amides is 1. The third-order valence-corrected chi connectivity index (χ3v) is 3.55. The van der Waals surface area contributed by atoms with Gasteiger partial charge in [-0.2, -0.15) is 0 Å². The first kappa shape index (κ1) is 14.0. The first-order valence-electron chi connectivity index (χ1n) is 6.04. The minimum absolute atomic E-state index is 0.137. The summed E-state index contributed by atoms with van der Waals surface area (Å²) >= 11 is 0. The summed E-state index contributed by atoms with van der Waals surface area (Å²) in [6.45, 7) is 2.02. The summed E-state index contributed by atoms with van der Waals surface area (Å²) < 4.78 is 5.04. The van der Waals surface area contributed by atoms with Crippen LogP contribution in [0.1, 0.15) is 39.0 Å². The lowest BCUT2D eigenvalue weighted by atomic mass is 9.81. The Hall–Kier alpha value is -1.10. The van der Waals surface area contributed by atoms with Crippen LogP contribution in [0.4, 0.5) is 0 Å². The molecule has 0 heterocycles. The molecule has 5 nitrogen and oxygen atoms in total. The molecule has 1 fully saturated rings. The molecule has 1 unspecified atom stereocenters. The highest BCUT2D eigenvalue weighted by molar-refractivity contribution is 5.87. The van der Waals surface area contributed by atoms with Crippen LogP contribution in [0.5, 0.6) is 0 Å². The standard InChI is InChI=1S/C12H21NO4/c1-9(10(14)15)13-11(16)12(7-8-17-2)5-3-4-6-12/h9H,3-8H2,1-2H3,(H,13,16)(H,14,15). The number of ether oxygens (including phenoxy) is 1. The molecule has 2 N–H and O–H groups in total. The van der Waals surface area contributed by atoms with Gasteiger partial charge >= 0.3 is 5.97 Å². The second-order valence-corrected chi connectivity index (χ2v) is 4.76. The maximum absolute atomic E-state index is 12.2. The third kappa shape index (κ3) is 3.43. The largest absolute Gasteiger partial charge is 0.480 e. The second-order valence-electron chi connectivity index (χ2n) is 4.76. The number of hydrogen-bond donors (Lipinski definition) is 2. The van der Waals surface area contributed by atoms with Crippen molar-refractivity contribution in [1.82, 2.24) is 5.32 Å². The normalized spacial score (nSPS) is 19.9. The summed E-state index contributed by atoms with van der Waals surface area (Å²) in [4.78, 5) is 22.9. The fourth-order valence-corrected chi connectivity index (χ4v) is 2.35. The van der Waals surface area contributed by atoms with Crippen LogP contribution in [0.2, 0.25) is 0 Å². The van der Waals surface area contributed by atoms with E-state index in [1.165, 1.54) is 6.92 Å². The Labute approximate surface area is 102 Å². The summed E-state index contributed by atoms with van der Waals surface area (Å²) in [6.07, 6.45) is 4.38. The molecular formula is C12H21NO4. The molecule has 0 bridgehead atoms. The van der Waals surface area contributed by atoms with E-state index in [9.17, 15) is 9.59 Å². The molecule has 17 heavy (non-hydrogen) atoms. The van der Waals surface area contributed by atoms with Crippen molar-refractivity contribution in [2.24, 2.45) is 5.41 Å². The van der Waals surface area contributed by atoms with Crippen molar-refractivity contribution in [3.63, 3.8) is 0 Å². The van der Waals surface area contributed by atoms with Gasteiger partial charge in [0.05, 0.1) is 5.41 Å². The number of carboxylic acid groups (broad SMARTS) is 1. The van der Waals surface area contributed by atoms with E-state index in [0.717, 1.165) is 25.7 Å². The fraction of sp³-hybridized carbons (Fsp3) is 0.833. The molecule has 1 aliphatic carbocycles. The zero-order chi connectivity index (χ0) is 12.9. The van der Waals surface area contributed by atoms with E-state index < -0.39 is 17.4 Å². The molecule has 0 saturated heterocycles. The number of nitrogens with one attached hydrogen (secondary N) is 1. The van der Waals surface area contributed by atoms with E-state index >= 15 is 0 Å². The SMILES string of the molecule is COCCC1(C(=O)NC(C)C(=O)O)CCCC1. The second kappa shape index (κ2) is 6.00. The average Bonchev–Trinajstić information content (AvgIpc) is 2.76. The lowest BCUT2D eigenvalue weighted by Crippen LogP contribution is -2.46. The van der Waals surface area contributed by atoms with E-state index in [1.807, 2.05) is 0 Å². The van der Waals surface area contributed by atoms with Crippen molar-refractivity contribution in [1.29, 1.82) is 0 Å². The summed E-state index contributed by atoms with van der Waals surface area (Å²) in [5.41, 5.74) is -0.417. The van der Waals surface area contributed by atoms with Gasteiger partial charge in [-0.1, -0.05) is 12.8 Å². The third-order valence-electron chi connectivity index (χ3n) is 3.55. The van der Waals surface area contributed by atoms with E-state index in [4.69, 9.17) is 9.84 Å². The minimum Gasteiger partial charge on any atom is -0.480 e. The Morgan fingerprint density at radius 3 is 2.47 bits per heavy atom. The number of rotatable bonds is 6. The van der Waals surface area contributed by atoms with Crippen molar-refractivity contribution in [3.05, 3.63) is 0 Å². The van der Waals surface area contributed by atoms with Crippen LogP contribution in [0.25, 0.3) is 0 Å². The van der Waals surface area contributed by atoms with Crippen LogP contribution < -0.4 is 5.32 Å². The predicted molar refractivity (Wildman–Crippen MR) is 62.6 cm³/mol. The summed E-state index contributed by atoms with van der Waals surface area (Å²) in [7, 11) is 1.61. The van der Waals surface area contributed by atoms with Crippen LogP contribution in [-0.2, 0) is 14.3 Å². The van der Waals surface area contributed by atoms with Gasteiger partial charge in [0.15, 0.2) is 0 Å². The molecule has 1 atom stereocenters. The van der Waals surface area contributed by atoms with Crippen molar-refractivity contribution < 1.29 is 19.4 Å². The first-order valence-corrected chi connectivity index (χ1v) is 6.04. The molecule has 1 rings (SSSR count). The van der Waals surface area contributed by atoms with Crippen LogP contribution in [0.15, 0.2) is 0 Å². The van der Waals surface area contributed by atoms with Gasteiger partial charge in [-0.25, -0.2) is 0 Å². The molecule has 0 aromatic heterocycles. The highest BCUT2D eigenvalue weighted by Gasteiger charge is 2.41. The van der Waals surface area contributed by atoms with Crippen molar-refractivity contribution in [2.45, 2.75) is 45.1 Å². The lowest BCUT2D eigenvalue weighted by molar-refractivity contribution is -0.143. The van der Waals surface area contributed by atoms with Gasteiger partial charge in [0.25, 0.3) is 0 Å². The van der Waals surface area contributed by atoms with E-state index in [0.29, 0.717) is 13.0 Å². The van der Waals surface area contributed by atoms with Crippen molar-refractivity contribution in [3.8, 4) is 0 Å². The zero-order valence-electron chi connectivity index (χ0n) is 10.5. The Balaban J connectivity index is 2.63. The van der Waals surface area contributed by atoms with Gasteiger partial charge in [-0.3, -0.25) is 9.59 Å². The molecule has 1 amide bonds. The Morgan fingerprint density at radius 1 is 1.41 bits per heavy atom. The number of aliphatic carboxylic acids is 1. The molecular weight excluding hydrogens is 222 g/mol. The molecule has 5 heteroatoms. The maximum Gasteiger partial charge on any atom is 0.325 e. The topological polar surface area (TPSA) is 75.6 Å². The molecule has 0 radical (unpaired) electrons. The van der Waals surface area contributed by atoms with Crippen LogP contribution >= 0.6 is 0 Å². The number of methoxy groups -OCH3 is 1. The Morgan fingerprint density at radius 2 is 2.00 bits per heavy atom. The minimum atomic E-state index is -1.00. The highest BCUT2D eigenvalue weighted by Crippen LogP contribution is 2.41. The van der Waals surface area contributed by atoms with Crippen LogP contribution in [0.3, 0.4) is 0 Å². The molecule has 0 aliphatic heterocycles. The molecule has 0 aromatic rings. The summed E-state index contributed by atoms with van der Waals surface area (Å²) in [5, 5.41) is 11.4. The van der Waals surface area contributed by atoms with Crippen LogP contribution in [-0.4, -0.2) is 36.7 Å². The molecule has 0 spiro atoms. The van der Waals surface area contributed by atoms with Gasteiger partial charge in [0.2, 0.25) is 5.91 Å². The Bertz CT molecular complexity index is 284. The van der Waals surface area contributed by atoms with Gasteiger partial charge in [0, 0.05) is 13.7 Å². The number of hydrogen-bond acceptors (Lipinski definition) is 3. The average molecular weight is 243 g/mol. The zero-order valence-corrected chi connectivity index (χ0v) is 10.5. The smallest absolute Gasteiger partial charge is 0.325 e. The lowest BCUT2D eigenvalue weighted by Gasteiger charge is -2.28. The number of carbonyl (C=O) groups is 2. The number of carbonyl (C=O) groups excluding carboxylic acids is 1. The monoisotopic (exact) mass is 243 g/mol. The quantitative estimate of drug-likeness (QED) is 0.734. The van der Waals surface area contributed by atoms with Crippen molar-refractivity contribution in [2.75, 3.05) is 13.7 Å².